The van der Waals surface area contributed by atoms with Gasteiger partial charge in [-0.2, -0.15) is 0 Å². The summed E-state index contributed by atoms with van der Waals surface area (Å²) in [6.45, 7) is 8.30. The maximum absolute atomic E-state index is 13.0. The zero-order chi connectivity index (χ0) is 22.0. The molecule has 1 atom stereocenters. The van der Waals surface area contributed by atoms with Gasteiger partial charge in [-0.15, -0.1) is 0 Å². The van der Waals surface area contributed by atoms with Crippen LogP contribution >= 0.6 is 0 Å². The Morgan fingerprint density at radius 2 is 1.71 bits per heavy atom. The molecular formula is C26H31NO4. The summed E-state index contributed by atoms with van der Waals surface area (Å²) in [5.74, 6) is -1.09. The van der Waals surface area contributed by atoms with Crippen LogP contribution in [0.25, 0.3) is 5.69 Å². The molecule has 0 bridgehead atoms. The van der Waals surface area contributed by atoms with E-state index in [1.54, 1.807) is 13.8 Å². The van der Waals surface area contributed by atoms with E-state index in [0.29, 0.717) is 6.42 Å². The highest BCUT2D eigenvalue weighted by Crippen LogP contribution is 2.53. The lowest BCUT2D eigenvalue weighted by Crippen LogP contribution is -2.40. The van der Waals surface area contributed by atoms with Crippen molar-refractivity contribution in [1.82, 2.24) is 4.57 Å². The number of benzene rings is 1. The van der Waals surface area contributed by atoms with Crippen LogP contribution in [-0.2, 0) is 31.9 Å². The van der Waals surface area contributed by atoms with Crippen molar-refractivity contribution in [2.45, 2.75) is 58.3 Å². The maximum Gasteiger partial charge on any atom is 0.323 e. The summed E-state index contributed by atoms with van der Waals surface area (Å²) in [6.07, 6.45) is 7.26. The molecule has 1 fully saturated rings. The Balaban J connectivity index is 1.81. The molecule has 4 rings (SSSR count). The number of fused-ring (bicyclic) bond motifs is 1. The van der Waals surface area contributed by atoms with E-state index in [-0.39, 0.29) is 25.6 Å². The van der Waals surface area contributed by atoms with Gasteiger partial charge in [0.2, 0.25) is 0 Å². The van der Waals surface area contributed by atoms with Crippen LogP contribution in [0.4, 0.5) is 0 Å². The van der Waals surface area contributed by atoms with Gasteiger partial charge in [-0.3, -0.25) is 9.59 Å². The molecule has 0 spiro atoms. The summed E-state index contributed by atoms with van der Waals surface area (Å²) >= 11 is 0. The van der Waals surface area contributed by atoms with Crippen LogP contribution in [0.1, 0.15) is 62.3 Å². The highest BCUT2D eigenvalue weighted by Gasteiger charge is 2.56. The third-order valence-corrected chi connectivity index (χ3v) is 6.64. The first-order chi connectivity index (χ1) is 15.0. The quantitative estimate of drug-likeness (QED) is 0.378. The fourth-order valence-corrected chi connectivity index (χ4v) is 5.21. The summed E-state index contributed by atoms with van der Waals surface area (Å²) in [5, 5.41) is 0. The Labute approximate surface area is 184 Å². The van der Waals surface area contributed by atoms with Crippen molar-refractivity contribution >= 4 is 11.9 Å². The summed E-state index contributed by atoms with van der Waals surface area (Å²) < 4.78 is 12.9. The van der Waals surface area contributed by atoms with Crippen molar-refractivity contribution < 1.29 is 19.1 Å². The predicted octanol–water partition coefficient (Wildman–Crippen LogP) is 4.90. The third kappa shape index (κ3) is 3.71. The fourth-order valence-electron chi connectivity index (χ4n) is 5.21. The molecule has 5 heteroatoms. The van der Waals surface area contributed by atoms with Crippen LogP contribution in [-0.4, -0.2) is 29.7 Å². The fraction of sp³-hybridized carbons (Fsp3) is 0.462. The molecule has 164 valence electrons. The van der Waals surface area contributed by atoms with Gasteiger partial charge in [-0.05, 0) is 75.6 Å². The van der Waals surface area contributed by atoms with E-state index in [2.05, 4.69) is 29.5 Å². The van der Waals surface area contributed by atoms with E-state index in [1.807, 2.05) is 18.2 Å². The number of aryl methyl sites for hydroxylation is 1. The number of carbonyl (C=O) groups excluding carboxylic acids is 2. The van der Waals surface area contributed by atoms with Gasteiger partial charge >= 0.3 is 11.9 Å². The molecule has 1 heterocycles. The first kappa shape index (κ1) is 21.4. The maximum atomic E-state index is 13.0. The Bertz CT molecular complexity index is 970. The Kier molecular flexibility index (Phi) is 6.03. The van der Waals surface area contributed by atoms with Crippen LogP contribution in [0, 0.1) is 5.41 Å². The number of para-hydroxylation sites is 1. The number of aromatic nitrogens is 1. The van der Waals surface area contributed by atoms with Crippen molar-refractivity contribution in [3.05, 3.63) is 65.5 Å². The monoisotopic (exact) mass is 421 g/mol. The minimum Gasteiger partial charge on any atom is -0.465 e. The van der Waals surface area contributed by atoms with Crippen LogP contribution < -0.4 is 0 Å². The van der Waals surface area contributed by atoms with Crippen molar-refractivity contribution in [2.24, 2.45) is 5.41 Å². The number of hydrogen-bond acceptors (Lipinski definition) is 4. The summed E-state index contributed by atoms with van der Waals surface area (Å²) in [7, 11) is 0. The number of hydrogen-bond donors (Lipinski definition) is 0. The highest BCUT2D eigenvalue weighted by molar-refractivity contribution is 6.01. The van der Waals surface area contributed by atoms with E-state index >= 15 is 0 Å². The standard InChI is InChI=1S/C26H31NO4/c1-4-30-24(28)26(25(29)31-5-2)15-18(3)22(16-26)23-21-14-10-9-11-19(21)17-27(23)20-12-7-6-8-13-20/h6-8,12-13,17,22H,3-5,9-11,14-16H2,1-2H3. The molecule has 0 radical (unpaired) electrons. The number of allylic oxidation sites excluding steroid dienone is 1. The van der Waals surface area contributed by atoms with Gasteiger partial charge < -0.3 is 14.0 Å². The first-order valence-corrected chi connectivity index (χ1v) is 11.3. The smallest absolute Gasteiger partial charge is 0.323 e. The number of esters is 2. The van der Waals surface area contributed by atoms with Crippen LogP contribution in [0.2, 0.25) is 0 Å². The molecule has 1 aromatic carbocycles. The Morgan fingerprint density at radius 1 is 1.06 bits per heavy atom. The largest absolute Gasteiger partial charge is 0.465 e. The van der Waals surface area contributed by atoms with Gasteiger partial charge in [0.05, 0.1) is 13.2 Å². The molecule has 1 unspecified atom stereocenters. The van der Waals surface area contributed by atoms with Crippen molar-refractivity contribution in [2.75, 3.05) is 13.2 Å². The Hall–Kier alpha value is -2.82. The van der Waals surface area contributed by atoms with Gasteiger partial charge in [-0.25, -0.2) is 0 Å². The van der Waals surface area contributed by atoms with Gasteiger partial charge in [0, 0.05) is 23.5 Å². The summed E-state index contributed by atoms with van der Waals surface area (Å²) in [5.41, 5.74) is 4.55. The molecule has 5 nitrogen and oxygen atoms in total. The van der Waals surface area contributed by atoms with Crippen molar-refractivity contribution in [3.8, 4) is 5.69 Å². The SMILES string of the molecule is C=C1CC(C(=O)OCC)(C(=O)OCC)CC1c1c2c(cn1-c1ccccc1)CCCC2. The second-order valence-electron chi connectivity index (χ2n) is 8.55. The topological polar surface area (TPSA) is 57.5 Å². The molecule has 0 aliphatic heterocycles. The van der Waals surface area contributed by atoms with E-state index in [4.69, 9.17) is 9.47 Å². The molecule has 0 amide bonds. The Morgan fingerprint density at radius 3 is 2.35 bits per heavy atom. The predicted molar refractivity (Wildman–Crippen MR) is 119 cm³/mol. The van der Waals surface area contributed by atoms with E-state index in [0.717, 1.165) is 30.5 Å². The lowest BCUT2D eigenvalue weighted by Gasteiger charge is -2.25. The molecule has 0 N–H and O–H groups in total. The molecule has 2 aliphatic carbocycles. The summed E-state index contributed by atoms with van der Waals surface area (Å²) in [4.78, 5) is 26.0. The molecule has 2 aliphatic rings. The molecule has 2 aromatic rings. The van der Waals surface area contributed by atoms with E-state index in [9.17, 15) is 9.59 Å². The van der Waals surface area contributed by atoms with Crippen LogP contribution in [0.5, 0.6) is 0 Å². The number of rotatable bonds is 6. The van der Waals surface area contributed by atoms with Crippen molar-refractivity contribution in [1.29, 1.82) is 0 Å². The summed E-state index contributed by atoms with van der Waals surface area (Å²) in [6, 6.07) is 10.3. The van der Waals surface area contributed by atoms with Gasteiger partial charge in [-0.1, -0.05) is 30.4 Å². The lowest BCUT2D eigenvalue weighted by molar-refractivity contribution is -0.171. The minimum absolute atomic E-state index is 0.101. The second kappa shape index (κ2) is 8.74. The average Bonchev–Trinajstić information content (AvgIpc) is 3.33. The average molecular weight is 422 g/mol. The number of carbonyl (C=O) groups is 2. The van der Waals surface area contributed by atoms with Crippen LogP contribution in [0.15, 0.2) is 48.7 Å². The molecular weight excluding hydrogens is 390 g/mol. The van der Waals surface area contributed by atoms with E-state index in [1.165, 1.54) is 23.2 Å². The van der Waals surface area contributed by atoms with Crippen LogP contribution in [0.3, 0.4) is 0 Å². The highest BCUT2D eigenvalue weighted by atomic mass is 16.6. The molecule has 31 heavy (non-hydrogen) atoms. The lowest BCUT2D eigenvalue weighted by atomic mass is 9.83. The third-order valence-electron chi connectivity index (χ3n) is 6.64. The zero-order valence-corrected chi connectivity index (χ0v) is 18.5. The molecule has 0 saturated heterocycles. The van der Waals surface area contributed by atoms with Gasteiger partial charge in [0.25, 0.3) is 0 Å². The first-order valence-electron chi connectivity index (χ1n) is 11.3. The second-order valence-corrected chi connectivity index (χ2v) is 8.55. The minimum atomic E-state index is -1.32. The molecule has 1 aromatic heterocycles. The van der Waals surface area contributed by atoms with Gasteiger partial charge in [0.1, 0.15) is 0 Å². The normalized spacial score (nSPS) is 19.7. The van der Waals surface area contributed by atoms with E-state index < -0.39 is 17.4 Å². The molecule has 1 saturated carbocycles. The number of nitrogens with zero attached hydrogens (tertiary/aromatic N) is 1. The van der Waals surface area contributed by atoms with Gasteiger partial charge in [0.15, 0.2) is 5.41 Å². The van der Waals surface area contributed by atoms with Crippen molar-refractivity contribution in [3.63, 3.8) is 0 Å². The zero-order valence-electron chi connectivity index (χ0n) is 18.5. The number of ether oxygens (including phenoxy) is 2.